The molecule has 1 aromatic carbocycles. The van der Waals surface area contributed by atoms with Crippen LogP contribution < -0.4 is 10.9 Å². The third kappa shape index (κ3) is 4.54. The second-order valence-electron chi connectivity index (χ2n) is 6.35. The smallest absolute Gasteiger partial charge is 0.359 e. The van der Waals surface area contributed by atoms with Gasteiger partial charge in [-0.1, -0.05) is 38.5 Å². The molecule has 1 amide bonds. The highest BCUT2D eigenvalue weighted by atomic mass is 16.5. The van der Waals surface area contributed by atoms with Crippen molar-refractivity contribution in [3.05, 3.63) is 40.3 Å². The largest absolute Gasteiger partial charge is 0.467 e. The van der Waals surface area contributed by atoms with Crippen LogP contribution in [0.5, 0.6) is 0 Å². The summed E-state index contributed by atoms with van der Waals surface area (Å²) in [5, 5.41) is 7.12. The molecule has 0 saturated heterocycles. The maximum absolute atomic E-state index is 12.4. The van der Waals surface area contributed by atoms with Crippen molar-refractivity contribution in [3.63, 3.8) is 0 Å². The molecule has 9 heteroatoms. The average molecular weight is 389 g/mol. The minimum absolute atomic E-state index is 0.0723. The fraction of sp³-hybridized carbons (Fsp3) is 0.421. The van der Waals surface area contributed by atoms with Gasteiger partial charge < -0.3 is 14.8 Å². The molecule has 1 N–H and O–H groups in total. The third-order valence-electron chi connectivity index (χ3n) is 4.47. The highest BCUT2D eigenvalue weighted by molar-refractivity contribution is 6.02. The van der Waals surface area contributed by atoms with Gasteiger partial charge in [0, 0.05) is 12.4 Å². The topological polar surface area (TPSA) is 117 Å². The van der Waals surface area contributed by atoms with Crippen molar-refractivity contribution >= 4 is 28.6 Å². The van der Waals surface area contributed by atoms with Crippen LogP contribution in [0, 0.1) is 5.92 Å². The molecule has 2 unspecified atom stereocenters. The number of aromatic nitrogens is 2. The molecule has 0 aliphatic rings. The Morgan fingerprint density at radius 1 is 1.21 bits per heavy atom. The average Bonchev–Trinajstić information content (AvgIpc) is 2.71. The van der Waals surface area contributed by atoms with Gasteiger partial charge in [0.05, 0.1) is 12.5 Å². The molecule has 9 nitrogen and oxygen atoms in total. The SMILES string of the molecule is CCC(C)C(NC(=O)COC(=O)c1nn(C)c(=O)c2ccccc12)C(=O)OC. The Balaban J connectivity index is 2.13. The normalized spacial score (nSPS) is 12.9. The maximum atomic E-state index is 12.4. The van der Waals surface area contributed by atoms with Gasteiger partial charge in [0.1, 0.15) is 6.04 Å². The Morgan fingerprint density at radius 3 is 2.46 bits per heavy atom. The quantitative estimate of drug-likeness (QED) is 0.696. The van der Waals surface area contributed by atoms with Gasteiger partial charge in [-0.05, 0) is 12.0 Å². The Hall–Kier alpha value is -3.23. The lowest BCUT2D eigenvalue weighted by Crippen LogP contribution is -2.47. The molecule has 1 heterocycles. The molecule has 2 aromatic rings. The number of carbonyl (C=O) groups is 3. The Kier molecular flexibility index (Phi) is 6.86. The van der Waals surface area contributed by atoms with E-state index in [4.69, 9.17) is 9.47 Å². The molecule has 28 heavy (non-hydrogen) atoms. The summed E-state index contributed by atoms with van der Waals surface area (Å²) in [7, 11) is 2.66. The number of fused-ring (bicyclic) bond motifs is 1. The van der Waals surface area contributed by atoms with Crippen LogP contribution in [0.4, 0.5) is 0 Å². The van der Waals surface area contributed by atoms with Crippen LogP contribution in [0.2, 0.25) is 0 Å². The number of amides is 1. The monoisotopic (exact) mass is 389 g/mol. The van der Waals surface area contributed by atoms with Crippen molar-refractivity contribution in [2.45, 2.75) is 26.3 Å². The number of nitrogens with zero attached hydrogens (tertiary/aromatic N) is 2. The first kappa shape index (κ1) is 21.1. The number of hydrogen-bond acceptors (Lipinski definition) is 7. The Morgan fingerprint density at radius 2 is 1.86 bits per heavy atom. The highest BCUT2D eigenvalue weighted by Gasteiger charge is 2.27. The van der Waals surface area contributed by atoms with E-state index in [-0.39, 0.29) is 17.2 Å². The van der Waals surface area contributed by atoms with Crippen molar-refractivity contribution in [1.29, 1.82) is 0 Å². The van der Waals surface area contributed by atoms with Gasteiger partial charge in [-0.3, -0.25) is 9.59 Å². The number of hydrogen-bond donors (Lipinski definition) is 1. The minimum Gasteiger partial charge on any atom is -0.467 e. The Labute approximate surface area is 161 Å². The van der Waals surface area contributed by atoms with Gasteiger partial charge in [-0.2, -0.15) is 5.10 Å². The molecule has 1 aromatic heterocycles. The lowest BCUT2D eigenvalue weighted by molar-refractivity contribution is -0.147. The fourth-order valence-corrected chi connectivity index (χ4v) is 2.66. The molecule has 0 fully saturated rings. The van der Waals surface area contributed by atoms with Crippen LogP contribution in [0.25, 0.3) is 10.8 Å². The number of ether oxygens (including phenoxy) is 2. The summed E-state index contributed by atoms with van der Waals surface area (Å²) >= 11 is 0. The zero-order valence-electron chi connectivity index (χ0n) is 16.2. The summed E-state index contributed by atoms with van der Waals surface area (Å²) in [4.78, 5) is 48.5. The van der Waals surface area contributed by atoms with E-state index in [1.54, 1.807) is 31.2 Å². The van der Waals surface area contributed by atoms with E-state index in [1.165, 1.54) is 14.2 Å². The summed E-state index contributed by atoms with van der Waals surface area (Å²) in [6.45, 7) is 3.08. The van der Waals surface area contributed by atoms with E-state index in [0.29, 0.717) is 17.2 Å². The van der Waals surface area contributed by atoms with E-state index in [2.05, 4.69) is 10.4 Å². The third-order valence-corrected chi connectivity index (χ3v) is 4.47. The van der Waals surface area contributed by atoms with Gasteiger partial charge >= 0.3 is 11.9 Å². The summed E-state index contributed by atoms with van der Waals surface area (Å²) in [6, 6.07) is 5.67. The lowest BCUT2D eigenvalue weighted by Gasteiger charge is -2.21. The number of methoxy groups -OCH3 is 1. The molecule has 2 rings (SSSR count). The van der Waals surface area contributed by atoms with Crippen LogP contribution in [-0.2, 0) is 26.1 Å². The molecule has 2 atom stereocenters. The van der Waals surface area contributed by atoms with Crippen LogP contribution in [0.15, 0.2) is 29.1 Å². The highest BCUT2D eigenvalue weighted by Crippen LogP contribution is 2.14. The van der Waals surface area contributed by atoms with Gasteiger partial charge in [0.15, 0.2) is 12.3 Å². The number of benzene rings is 1. The Bertz CT molecular complexity index is 952. The standard InChI is InChI=1S/C19H23N3O6/c1-5-11(2)15(18(25)27-4)20-14(23)10-28-19(26)16-12-8-6-7-9-13(12)17(24)22(3)21-16/h6-9,11,15H,5,10H2,1-4H3,(H,20,23). The number of rotatable bonds is 7. The summed E-state index contributed by atoms with van der Waals surface area (Å²) in [5.41, 5.74) is -0.420. The molecule has 150 valence electrons. The van der Waals surface area contributed by atoms with E-state index in [9.17, 15) is 19.2 Å². The van der Waals surface area contributed by atoms with Crippen molar-refractivity contribution in [1.82, 2.24) is 15.1 Å². The molecular weight excluding hydrogens is 366 g/mol. The van der Waals surface area contributed by atoms with Crippen molar-refractivity contribution in [2.75, 3.05) is 13.7 Å². The number of esters is 2. The van der Waals surface area contributed by atoms with Crippen molar-refractivity contribution < 1.29 is 23.9 Å². The first-order chi connectivity index (χ1) is 13.3. The predicted octanol–water partition coefficient (Wildman–Crippen LogP) is 0.794. The maximum Gasteiger partial charge on any atom is 0.359 e. The van der Waals surface area contributed by atoms with E-state index >= 15 is 0 Å². The molecule has 0 saturated carbocycles. The fourth-order valence-electron chi connectivity index (χ4n) is 2.66. The summed E-state index contributed by atoms with van der Waals surface area (Å²) in [6.07, 6.45) is 0.647. The van der Waals surface area contributed by atoms with E-state index in [1.807, 2.05) is 6.92 Å². The first-order valence-corrected chi connectivity index (χ1v) is 8.80. The van der Waals surface area contributed by atoms with Crippen molar-refractivity contribution in [3.8, 4) is 0 Å². The van der Waals surface area contributed by atoms with Crippen molar-refractivity contribution in [2.24, 2.45) is 13.0 Å². The van der Waals surface area contributed by atoms with Crippen LogP contribution in [-0.4, -0.2) is 47.4 Å². The molecular formula is C19H23N3O6. The minimum atomic E-state index is -0.847. The predicted molar refractivity (Wildman–Crippen MR) is 101 cm³/mol. The molecule has 0 spiro atoms. The van der Waals surface area contributed by atoms with Crippen LogP contribution in [0.3, 0.4) is 0 Å². The van der Waals surface area contributed by atoms with Gasteiger partial charge in [-0.25, -0.2) is 14.3 Å². The van der Waals surface area contributed by atoms with E-state index < -0.39 is 30.5 Å². The zero-order valence-corrected chi connectivity index (χ0v) is 16.2. The van der Waals surface area contributed by atoms with Crippen LogP contribution in [0.1, 0.15) is 30.8 Å². The zero-order chi connectivity index (χ0) is 20.8. The molecule has 0 aliphatic heterocycles. The second kappa shape index (κ2) is 9.12. The number of carbonyl (C=O) groups excluding carboxylic acids is 3. The van der Waals surface area contributed by atoms with Crippen LogP contribution >= 0.6 is 0 Å². The first-order valence-electron chi connectivity index (χ1n) is 8.80. The molecule has 0 radical (unpaired) electrons. The summed E-state index contributed by atoms with van der Waals surface area (Å²) < 4.78 is 10.8. The van der Waals surface area contributed by atoms with E-state index in [0.717, 1.165) is 4.68 Å². The molecule has 0 bridgehead atoms. The van der Waals surface area contributed by atoms with Gasteiger partial charge in [0.25, 0.3) is 11.5 Å². The number of nitrogens with one attached hydrogen (secondary N) is 1. The number of aryl methyl sites for hydroxylation is 1. The molecule has 0 aliphatic carbocycles. The lowest BCUT2D eigenvalue weighted by atomic mass is 9.99. The van der Waals surface area contributed by atoms with Gasteiger partial charge in [-0.15, -0.1) is 0 Å². The second-order valence-corrected chi connectivity index (χ2v) is 6.35. The summed E-state index contributed by atoms with van der Waals surface area (Å²) in [5.74, 6) is -2.21. The van der Waals surface area contributed by atoms with Gasteiger partial charge in [0.2, 0.25) is 0 Å².